The van der Waals surface area contributed by atoms with E-state index in [4.69, 9.17) is 5.73 Å². The van der Waals surface area contributed by atoms with Crippen LogP contribution in [0.3, 0.4) is 0 Å². The summed E-state index contributed by atoms with van der Waals surface area (Å²) >= 11 is 0. The zero-order chi connectivity index (χ0) is 18.3. The number of rotatable bonds is 21. The molecule has 0 rings (SSSR count). The quantitative estimate of drug-likeness (QED) is 0.169. The summed E-state index contributed by atoms with van der Waals surface area (Å²) in [6.45, 7) is 3.76. The van der Waals surface area contributed by atoms with E-state index in [0.29, 0.717) is 6.54 Å². The fourth-order valence-corrected chi connectivity index (χ4v) is 3.39. The molecular weight excluding hydrogens is 304 g/mol. The summed E-state index contributed by atoms with van der Waals surface area (Å²) in [6, 6.07) is 0. The minimum absolute atomic E-state index is 0.676. The molecule has 150 valence electrons. The lowest BCUT2D eigenvalue weighted by Gasteiger charge is -2.03. The monoisotopic (exact) mass is 352 g/mol. The standard InChI is InChI=1S/C23H48N2/c1-2-3-4-5-6-7-8-9-10-11-12-13-14-15-16-17-18-19-20-22-25-23-21-24/h22H,2-21,23-24H2,1H3. The maximum Gasteiger partial charge on any atom is 0.0508 e. The fraction of sp³-hybridized carbons (Fsp3) is 0.957. The summed E-state index contributed by atoms with van der Waals surface area (Å²) in [5, 5.41) is 0. The molecule has 25 heavy (non-hydrogen) atoms. The zero-order valence-electron chi connectivity index (χ0n) is 17.5. The van der Waals surface area contributed by atoms with E-state index in [1.165, 1.54) is 116 Å². The number of hydrogen-bond acceptors (Lipinski definition) is 2. The Balaban J connectivity index is 2.98. The fourth-order valence-electron chi connectivity index (χ4n) is 3.39. The van der Waals surface area contributed by atoms with Gasteiger partial charge < -0.3 is 5.73 Å². The number of unbranched alkanes of at least 4 members (excludes halogenated alkanes) is 18. The van der Waals surface area contributed by atoms with Crippen LogP contribution < -0.4 is 5.73 Å². The van der Waals surface area contributed by atoms with Crippen LogP contribution in [0.2, 0.25) is 0 Å². The highest BCUT2D eigenvalue weighted by Gasteiger charge is 1.94. The molecule has 0 amide bonds. The van der Waals surface area contributed by atoms with Gasteiger partial charge in [0.25, 0.3) is 0 Å². The second kappa shape index (κ2) is 23.6. The topological polar surface area (TPSA) is 38.4 Å². The van der Waals surface area contributed by atoms with E-state index >= 15 is 0 Å². The molecule has 0 unspecified atom stereocenters. The molecule has 0 fully saturated rings. The van der Waals surface area contributed by atoms with Crippen molar-refractivity contribution in [3.63, 3.8) is 0 Å². The van der Waals surface area contributed by atoms with Crippen LogP contribution in [0, 0.1) is 0 Å². The molecule has 0 aliphatic heterocycles. The van der Waals surface area contributed by atoms with E-state index in [1.807, 2.05) is 0 Å². The lowest BCUT2D eigenvalue weighted by atomic mass is 10.0. The molecular formula is C23H48N2. The van der Waals surface area contributed by atoms with Crippen molar-refractivity contribution in [2.75, 3.05) is 13.1 Å². The molecule has 2 nitrogen and oxygen atoms in total. The van der Waals surface area contributed by atoms with Crippen molar-refractivity contribution < 1.29 is 0 Å². The van der Waals surface area contributed by atoms with Crippen LogP contribution in [0.1, 0.15) is 129 Å². The van der Waals surface area contributed by atoms with E-state index in [-0.39, 0.29) is 0 Å². The first-order valence-electron chi connectivity index (χ1n) is 11.6. The first-order valence-corrected chi connectivity index (χ1v) is 11.6. The Morgan fingerprint density at radius 2 is 0.920 bits per heavy atom. The molecule has 0 radical (unpaired) electrons. The molecule has 0 aromatic rings. The largest absolute Gasteiger partial charge is 0.329 e. The SMILES string of the molecule is CCCCCCCCCCCCCCCCCCCCC=NCCN. The predicted molar refractivity (Wildman–Crippen MR) is 116 cm³/mol. The second-order valence-corrected chi connectivity index (χ2v) is 7.68. The third-order valence-corrected chi connectivity index (χ3v) is 5.07. The van der Waals surface area contributed by atoms with Crippen molar-refractivity contribution in [1.29, 1.82) is 0 Å². The van der Waals surface area contributed by atoms with Gasteiger partial charge in [-0.2, -0.15) is 0 Å². The van der Waals surface area contributed by atoms with Crippen molar-refractivity contribution in [1.82, 2.24) is 0 Å². The van der Waals surface area contributed by atoms with Crippen LogP contribution in [0.5, 0.6) is 0 Å². The summed E-state index contributed by atoms with van der Waals surface area (Å²) in [4.78, 5) is 4.25. The van der Waals surface area contributed by atoms with Gasteiger partial charge in [0.1, 0.15) is 0 Å². The molecule has 0 bridgehead atoms. The normalized spacial score (nSPS) is 11.6. The molecule has 0 spiro atoms. The average Bonchev–Trinajstić information content (AvgIpc) is 2.63. The molecule has 0 aliphatic carbocycles. The van der Waals surface area contributed by atoms with Gasteiger partial charge in [0.2, 0.25) is 0 Å². The molecule has 0 atom stereocenters. The summed E-state index contributed by atoms with van der Waals surface area (Å²) in [7, 11) is 0. The van der Waals surface area contributed by atoms with Crippen molar-refractivity contribution in [3.8, 4) is 0 Å². The minimum atomic E-state index is 0.676. The van der Waals surface area contributed by atoms with Crippen molar-refractivity contribution in [2.45, 2.75) is 129 Å². The van der Waals surface area contributed by atoms with E-state index in [0.717, 1.165) is 13.0 Å². The maximum atomic E-state index is 5.40. The highest BCUT2D eigenvalue weighted by molar-refractivity contribution is 5.56. The number of nitrogens with zero attached hydrogens (tertiary/aromatic N) is 1. The van der Waals surface area contributed by atoms with Crippen LogP contribution >= 0.6 is 0 Å². The molecule has 0 heterocycles. The molecule has 2 N–H and O–H groups in total. The first kappa shape index (κ1) is 24.6. The molecule has 0 saturated carbocycles. The van der Waals surface area contributed by atoms with Gasteiger partial charge in [0.05, 0.1) is 6.54 Å². The van der Waals surface area contributed by atoms with Crippen LogP contribution in [0.4, 0.5) is 0 Å². The van der Waals surface area contributed by atoms with Crippen molar-refractivity contribution >= 4 is 6.21 Å². The second-order valence-electron chi connectivity index (χ2n) is 7.68. The van der Waals surface area contributed by atoms with Gasteiger partial charge >= 0.3 is 0 Å². The maximum absolute atomic E-state index is 5.40. The molecule has 2 heteroatoms. The van der Waals surface area contributed by atoms with Crippen LogP contribution in [-0.2, 0) is 0 Å². The Labute approximate surface area is 159 Å². The minimum Gasteiger partial charge on any atom is -0.329 e. The van der Waals surface area contributed by atoms with Gasteiger partial charge in [-0.15, -0.1) is 0 Å². The Hall–Kier alpha value is -0.370. The van der Waals surface area contributed by atoms with Crippen LogP contribution in [0.15, 0.2) is 4.99 Å². The molecule has 0 saturated heterocycles. The van der Waals surface area contributed by atoms with Crippen LogP contribution in [0.25, 0.3) is 0 Å². The Morgan fingerprint density at radius 3 is 1.28 bits per heavy atom. The highest BCUT2D eigenvalue weighted by atomic mass is 14.7. The lowest BCUT2D eigenvalue weighted by molar-refractivity contribution is 0.526. The van der Waals surface area contributed by atoms with Crippen molar-refractivity contribution in [3.05, 3.63) is 0 Å². The van der Waals surface area contributed by atoms with Crippen LogP contribution in [-0.4, -0.2) is 19.3 Å². The Morgan fingerprint density at radius 1 is 0.560 bits per heavy atom. The van der Waals surface area contributed by atoms with Gasteiger partial charge in [-0.1, -0.05) is 116 Å². The number of hydrogen-bond donors (Lipinski definition) is 1. The Bertz CT molecular complexity index is 250. The van der Waals surface area contributed by atoms with E-state index < -0.39 is 0 Å². The smallest absolute Gasteiger partial charge is 0.0508 e. The van der Waals surface area contributed by atoms with Gasteiger partial charge in [-0.3, -0.25) is 4.99 Å². The molecule has 0 aliphatic rings. The summed E-state index contributed by atoms with van der Waals surface area (Å²) in [6.07, 6.45) is 29.1. The van der Waals surface area contributed by atoms with Crippen molar-refractivity contribution in [2.24, 2.45) is 10.7 Å². The van der Waals surface area contributed by atoms with E-state index in [9.17, 15) is 0 Å². The van der Waals surface area contributed by atoms with Gasteiger partial charge in [-0.05, 0) is 19.1 Å². The Kier molecular flexibility index (Phi) is 23.3. The first-order chi connectivity index (χ1) is 12.4. The predicted octanol–water partition coefficient (Wildman–Crippen LogP) is 7.45. The number of aliphatic imine (C=N–C) groups is 1. The summed E-state index contributed by atoms with van der Waals surface area (Å²) < 4.78 is 0. The average molecular weight is 353 g/mol. The third kappa shape index (κ3) is 23.6. The van der Waals surface area contributed by atoms with E-state index in [1.54, 1.807) is 0 Å². The summed E-state index contributed by atoms with van der Waals surface area (Å²) in [5.74, 6) is 0. The highest BCUT2D eigenvalue weighted by Crippen LogP contribution is 2.14. The zero-order valence-corrected chi connectivity index (χ0v) is 17.5. The molecule has 0 aromatic heterocycles. The lowest BCUT2D eigenvalue weighted by Crippen LogP contribution is -2.02. The summed E-state index contributed by atoms with van der Waals surface area (Å²) in [5.41, 5.74) is 5.40. The van der Waals surface area contributed by atoms with Gasteiger partial charge in [-0.25, -0.2) is 0 Å². The molecule has 0 aromatic carbocycles. The number of nitrogens with two attached hydrogens (primary N) is 1. The van der Waals surface area contributed by atoms with Gasteiger partial charge in [0, 0.05) is 6.54 Å². The van der Waals surface area contributed by atoms with E-state index in [2.05, 4.69) is 18.1 Å². The van der Waals surface area contributed by atoms with Gasteiger partial charge in [0.15, 0.2) is 0 Å². The third-order valence-electron chi connectivity index (χ3n) is 5.07.